The molecule has 0 saturated heterocycles. The summed E-state index contributed by atoms with van der Waals surface area (Å²) in [5, 5.41) is 7.25. The summed E-state index contributed by atoms with van der Waals surface area (Å²) in [6.45, 7) is 6.88. The molecule has 0 aromatic rings. The van der Waals surface area contributed by atoms with Gasteiger partial charge in [0.25, 0.3) is 0 Å². The zero-order valence-corrected chi connectivity index (χ0v) is 10.8. The Morgan fingerprint density at radius 3 is 2.50 bits per heavy atom. The standard InChI is InChI=1S/C13H27N3/c1-11(2)10-16(9-5-8-13(14)15)12-6-3-4-7-12/h11-12H,3-10H2,1-2H3,(H3,14,15). The lowest BCUT2D eigenvalue weighted by molar-refractivity contribution is 0.176. The Labute approximate surface area is 99.9 Å². The Bertz CT molecular complexity index is 207. The van der Waals surface area contributed by atoms with Gasteiger partial charge in [0.15, 0.2) is 0 Å². The van der Waals surface area contributed by atoms with Crippen LogP contribution in [0, 0.1) is 11.3 Å². The van der Waals surface area contributed by atoms with Crippen molar-refractivity contribution in [2.75, 3.05) is 13.1 Å². The molecular weight excluding hydrogens is 198 g/mol. The first-order valence-corrected chi connectivity index (χ1v) is 6.66. The topological polar surface area (TPSA) is 53.1 Å². The van der Waals surface area contributed by atoms with Crippen LogP contribution in [0.5, 0.6) is 0 Å². The second kappa shape index (κ2) is 6.89. The van der Waals surface area contributed by atoms with E-state index in [9.17, 15) is 0 Å². The summed E-state index contributed by atoms with van der Waals surface area (Å²) in [4.78, 5) is 2.63. The monoisotopic (exact) mass is 225 g/mol. The fraction of sp³-hybridized carbons (Fsp3) is 0.923. The van der Waals surface area contributed by atoms with E-state index in [4.69, 9.17) is 11.1 Å². The molecule has 94 valence electrons. The van der Waals surface area contributed by atoms with E-state index >= 15 is 0 Å². The first-order chi connectivity index (χ1) is 7.59. The van der Waals surface area contributed by atoms with Crippen LogP contribution in [0.3, 0.4) is 0 Å². The lowest BCUT2D eigenvalue weighted by Crippen LogP contribution is -2.37. The molecular formula is C13H27N3. The molecule has 0 amide bonds. The molecule has 0 atom stereocenters. The van der Waals surface area contributed by atoms with Crippen molar-refractivity contribution in [1.29, 1.82) is 5.41 Å². The molecule has 1 aliphatic rings. The molecule has 0 aliphatic heterocycles. The van der Waals surface area contributed by atoms with Crippen LogP contribution in [-0.4, -0.2) is 29.9 Å². The van der Waals surface area contributed by atoms with Crippen LogP contribution in [0.15, 0.2) is 0 Å². The van der Waals surface area contributed by atoms with Crippen molar-refractivity contribution in [3.8, 4) is 0 Å². The van der Waals surface area contributed by atoms with Gasteiger partial charge in [0, 0.05) is 19.0 Å². The first kappa shape index (κ1) is 13.5. The predicted molar refractivity (Wildman–Crippen MR) is 69.8 cm³/mol. The van der Waals surface area contributed by atoms with Gasteiger partial charge < -0.3 is 10.6 Å². The lowest BCUT2D eigenvalue weighted by atomic mass is 10.1. The Morgan fingerprint density at radius 1 is 1.38 bits per heavy atom. The molecule has 16 heavy (non-hydrogen) atoms. The molecule has 3 heteroatoms. The quantitative estimate of drug-likeness (QED) is 0.517. The van der Waals surface area contributed by atoms with Gasteiger partial charge in [0.2, 0.25) is 0 Å². The summed E-state index contributed by atoms with van der Waals surface area (Å²) < 4.78 is 0. The molecule has 3 nitrogen and oxygen atoms in total. The summed E-state index contributed by atoms with van der Waals surface area (Å²) in [6.07, 6.45) is 7.32. The van der Waals surface area contributed by atoms with Crippen LogP contribution in [0.25, 0.3) is 0 Å². The SMILES string of the molecule is CC(C)CN(CCCC(=N)N)C1CCCC1. The zero-order valence-electron chi connectivity index (χ0n) is 10.8. The van der Waals surface area contributed by atoms with Gasteiger partial charge in [-0.25, -0.2) is 0 Å². The summed E-state index contributed by atoms with van der Waals surface area (Å²) in [7, 11) is 0. The normalized spacial score (nSPS) is 17.5. The molecule has 0 aromatic carbocycles. The maximum atomic E-state index is 7.25. The molecule has 1 fully saturated rings. The van der Waals surface area contributed by atoms with E-state index in [1.165, 1.54) is 32.2 Å². The van der Waals surface area contributed by atoms with Crippen molar-refractivity contribution in [2.24, 2.45) is 11.7 Å². The van der Waals surface area contributed by atoms with Gasteiger partial charge in [0.1, 0.15) is 0 Å². The third-order valence-electron chi connectivity index (χ3n) is 3.33. The van der Waals surface area contributed by atoms with Crippen molar-refractivity contribution in [2.45, 2.75) is 58.4 Å². The van der Waals surface area contributed by atoms with Gasteiger partial charge in [0.05, 0.1) is 5.84 Å². The molecule has 0 spiro atoms. The smallest absolute Gasteiger partial charge is 0.0905 e. The highest BCUT2D eigenvalue weighted by molar-refractivity contribution is 5.76. The third-order valence-corrected chi connectivity index (χ3v) is 3.33. The van der Waals surface area contributed by atoms with E-state index in [1.54, 1.807) is 0 Å². The van der Waals surface area contributed by atoms with Crippen molar-refractivity contribution >= 4 is 5.84 Å². The maximum absolute atomic E-state index is 7.25. The van der Waals surface area contributed by atoms with Crippen LogP contribution in [0.2, 0.25) is 0 Å². The molecule has 0 heterocycles. The molecule has 1 aliphatic carbocycles. The van der Waals surface area contributed by atoms with E-state index in [-0.39, 0.29) is 0 Å². The predicted octanol–water partition coefficient (Wildman–Crippen LogP) is 2.60. The van der Waals surface area contributed by atoms with Crippen LogP contribution in [0.1, 0.15) is 52.4 Å². The fourth-order valence-electron chi connectivity index (χ4n) is 2.63. The van der Waals surface area contributed by atoms with Crippen LogP contribution in [0.4, 0.5) is 0 Å². The second-order valence-corrected chi connectivity index (χ2v) is 5.46. The van der Waals surface area contributed by atoms with Crippen LogP contribution in [-0.2, 0) is 0 Å². The molecule has 0 bridgehead atoms. The Morgan fingerprint density at radius 2 is 2.00 bits per heavy atom. The number of hydrogen-bond donors (Lipinski definition) is 2. The highest BCUT2D eigenvalue weighted by Gasteiger charge is 2.22. The maximum Gasteiger partial charge on any atom is 0.0905 e. The van der Waals surface area contributed by atoms with E-state index < -0.39 is 0 Å². The highest BCUT2D eigenvalue weighted by atomic mass is 15.2. The Hall–Kier alpha value is -0.570. The van der Waals surface area contributed by atoms with Crippen molar-refractivity contribution in [3.05, 3.63) is 0 Å². The zero-order chi connectivity index (χ0) is 12.0. The molecule has 0 unspecified atom stereocenters. The summed E-state index contributed by atoms with van der Waals surface area (Å²) in [6, 6.07) is 0.800. The van der Waals surface area contributed by atoms with Crippen LogP contribution < -0.4 is 5.73 Å². The number of nitrogens with one attached hydrogen (secondary N) is 1. The van der Waals surface area contributed by atoms with Gasteiger partial charge in [-0.1, -0.05) is 26.7 Å². The molecule has 0 aromatic heterocycles. The van der Waals surface area contributed by atoms with Crippen LogP contribution >= 0.6 is 0 Å². The van der Waals surface area contributed by atoms with E-state index in [2.05, 4.69) is 18.7 Å². The summed E-state index contributed by atoms with van der Waals surface area (Å²) >= 11 is 0. The Balaban J connectivity index is 2.33. The van der Waals surface area contributed by atoms with Gasteiger partial charge in [-0.05, 0) is 31.7 Å². The van der Waals surface area contributed by atoms with Crippen molar-refractivity contribution < 1.29 is 0 Å². The molecule has 3 N–H and O–H groups in total. The molecule has 0 radical (unpaired) electrons. The number of rotatable bonds is 7. The van der Waals surface area contributed by atoms with Crippen molar-refractivity contribution in [1.82, 2.24) is 4.90 Å². The van der Waals surface area contributed by atoms with Crippen molar-refractivity contribution in [3.63, 3.8) is 0 Å². The average molecular weight is 225 g/mol. The minimum absolute atomic E-state index is 0.330. The number of nitrogens with two attached hydrogens (primary N) is 1. The van der Waals surface area contributed by atoms with Gasteiger partial charge in [-0.15, -0.1) is 0 Å². The van der Waals surface area contributed by atoms with E-state index in [0.29, 0.717) is 5.84 Å². The van der Waals surface area contributed by atoms with Gasteiger partial charge in [-0.2, -0.15) is 0 Å². The second-order valence-electron chi connectivity index (χ2n) is 5.46. The molecule has 1 saturated carbocycles. The number of amidine groups is 1. The van der Waals surface area contributed by atoms with E-state index in [1.807, 2.05) is 0 Å². The summed E-state index contributed by atoms with van der Waals surface area (Å²) in [5.74, 6) is 1.06. The average Bonchev–Trinajstić information content (AvgIpc) is 2.67. The minimum atomic E-state index is 0.330. The number of nitrogens with zero attached hydrogens (tertiary/aromatic N) is 1. The third kappa shape index (κ3) is 4.97. The van der Waals surface area contributed by atoms with E-state index in [0.717, 1.165) is 31.3 Å². The largest absolute Gasteiger partial charge is 0.388 e. The Kier molecular flexibility index (Phi) is 5.81. The summed E-state index contributed by atoms with van der Waals surface area (Å²) in [5.41, 5.74) is 5.40. The fourth-order valence-corrected chi connectivity index (χ4v) is 2.63. The van der Waals surface area contributed by atoms with Gasteiger partial charge in [-0.3, -0.25) is 5.41 Å². The number of hydrogen-bond acceptors (Lipinski definition) is 2. The lowest BCUT2D eigenvalue weighted by Gasteiger charge is -2.30. The molecule has 1 rings (SSSR count). The minimum Gasteiger partial charge on any atom is -0.388 e. The van der Waals surface area contributed by atoms with Gasteiger partial charge >= 0.3 is 0 Å². The first-order valence-electron chi connectivity index (χ1n) is 6.66. The highest BCUT2D eigenvalue weighted by Crippen LogP contribution is 2.24.